The van der Waals surface area contributed by atoms with Crippen LogP contribution in [0.3, 0.4) is 0 Å². The number of rotatable bonds is 44. The molecular formula is C53H92O6. The molecule has 0 aromatic rings. The van der Waals surface area contributed by atoms with E-state index in [9.17, 15) is 14.4 Å². The van der Waals surface area contributed by atoms with E-state index in [-0.39, 0.29) is 31.6 Å². The highest BCUT2D eigenvalue weighted by Gasteiger charge is 2.19. The SMILES string of the molecule is CC/C=C\C/C=C\C/C=C\C/C=C\C/C=C\CC(=O)OC(COC(=O)CCCCCCCCCCCC)COC(=O)CCCCCCCCCCCCCCCCCC. The summed E-state index contributed by atoms with van der Waals surface area (Å²) in [4.78, 5) is 37.8. The van der Waals surface area contributed by atoms with E-state index in [1.54, 1.807) is 6.08 Å². The Morgan fingerprint density at radius 1 is 0.356 bits per heavy atom. The van der Waals surface area contributed by atoms with E-state index in [1.807, 2.05) is 6.08 Å². The first kappa shape index (κ1) is 56.1. The number of allylic oxidation sites excluding steroid dienone is 9. The first-order valence-corrected chi connectivity index (χ1v) is 24.8. The molecule has 1 unspecified atom stereocenters. The van der Waals surface area contributed by atoms with Crippen molar-refractivity contribution in [3.8, 4) is 0 Å². The molecule has 0 aliphatic rings. The highest BCUT2D eigenvalue weighted by Crippen LogP contribution is 2.15. The minimum atomic E-state index is -0.823. The van der Waals surface area contributed by atoms with Crippen molar-refractivity contribution in [2.75, 3.05) is 13.2 Å². The predicted octanol–water partition coefficient (Wildman–Crippen LogP) is 16.1. The molecule has 6 nitrogen and oxygen atoms in total. The minimum absolute atomic E-state index is 0.101. The van der Waals surface area contributed by atoms with Crippen molar-refractivity contribution in [3.63, 3.8) is 0 Å². The third kappa shape index (κ3) is 46.0. The minimum Gasteiger partial charge on any atom is -0.462 e. The summed E-state index contributed by atoms with van der Waals surface area (Å²) in [6.07, 6.45) is 58.0. The molecule has 0 saturated carbocycles. The molecule has 0 fully saturated rings. The van der Waals surface area contributed by atoms with Crippen LogP contribution < -0.4 is 0 Å². The van der Waals surface area contributed by atoms with Gasteiger partial charge in [0.05, 0.1) is 6.42 Å². The standard InChI is InChI=1S/C53H92O6/c1-4-7-10-13-16-19-22-24-26-28-29-31-34-37-40-43-46-52(55)58-49-50(48-57-51(54)45-42-39-36-33-21-18-15-12-9-6-3)59-53(56)47-44-41-38-35-32-30-27-25-23-20-17-14-11-8-5-2/h8,11,17,20,25,27,32,35,41,44,50H,4-7,9-10,12-16,18-19,21-24,26,28-31,33-34,36-40,42-43,45-49H2,1-3H3/b11-8-,20-17-,27-25-,35-32-,44-41-. The smallest absolute Gasteiger partial charge is 0.310 e. The molecule has 0 rings (SSSR count). The van der Waals surface area contributed by atoms with Crippen molar-refractivity contribution < 1.29 is 28.6 Å². The third-order valence-corrected chi connectivity index (χ3v) is 10.6. The zero-order valence-electron chi connectivity index (χ0n) is 38.8. The maximum atomic E-state index is 12.7. The fraction of sp³-hybridized carbons (Fsp3) is 0.755. The summed E-state index contributed by atoms with van der Waals surface area (Å²) in [6.45, 7) is 6.43. The van der Waals surface area contributed by atoms with Crippen molar-refractivity contribution >= 4 is 17.9 Å². The molecule has 0 radical (unpaired) electrons. The van der Waals surface area contributed by atoms with Gasteiger partial charge in [-0.1, -0.05) is 236 Å². The average molecular weight is 825 g/mol. The van der Waals surface area contributed by atoms with E-state index >= 15 is 0 Å². The first-order valence-electron chi connectivity index (χ1n) is 24.8. The first-order chi connectivity index (χ1) is 29.0. The van der Waals surface area contributed by atoms with Crippen molar-refractivity contribution in [1.29, 1.82) is 0 Å². The van der Waals surface area contributed by atoms with Crippen LogP contribution in [0.25, 0.3) is 0 Å². The predicted molar refractivity (Wildman–Crippen MR) is 251 cm³/mol. The molecule has 0 aromatic carbocycles. The Bertz CT molecular complexity index is 1090. The summed E-state index contributed by atoms with van der Waals surface area (Å²) >= 11 is 0. The van der Waals surface area contributed by atoms with Gasteiger partial charge in [0, 0.05) is 12.8 Å². The summed E-state index contributed by atoms with van der Waals surface area (Å²) in [5.41, 5.74) is 0. The topological polar surface area (TPSA) is 78.9 Å². The Morgan fingerprint density at radius 3 is 0.966 bits per heavy atom. The van der Waals surface area contributed by atoms with Gasteiger partial charge in [-0.3, -0.25) is 14.4 Å². The van der Waals surface area contributed by atoms with E-state index in [0.29, 0.717) is 12.8 Å². The number of hydrogen-bond donors (Lipinski definition) is 0. The Morgan fingerprint density at radius 2 is 0.644 bits per heavy atom. The lowest BCUT2D eigenvalue weighted by atomic mass is 10.0. The second-order valence-electron chi connectivity index (χ2n) is 16.4. The summed E-state index contributed by atoms with van der Waals surface area (Å²) in [5.74, 6) is -1.04. The third-order valence-electron chi connectivity index (χ3n) is 10.6. The number of hydrogen-bond acceptors (Lipinski definition) is 6. The van der Waals surface area contributed by atoms with Gasteiger partial charge in [0.15, 0.2) is 6.10 Å². The van der Waals surface area contributed by atoms with Crippen molar-refractivity contribution in [2.45, 2.75) is 245 Å². The summed E-state index contributed by atoms with van der Waals surface area (Å²) < 4.78 is 16.6. The molecule has 340 valence electrons. The van der Waals surface area contributed by atoms with Gasteiger partial charge < -0.3 is 14.2 Å². The molecule has 1 atom stereocenters. The van der Waals surface area contributed by atoms with Crippen molar-refractivity contribution in [1.82, 2.24) is 0 Å². The fourth-order valence-corrected chi connectivity index (χ4v) is 6.87. The summed E-state index contributed by atoms with van der Waals surface area (Å²) in [5, 5.41) is 0. The lowest BCUT2D eigenvalue weighted by molar-refractivity contribution is -0.166. The maximum absolute atomic E-state index is 12.7. The monoisotopic (exact) mass is 825 g/mol. The summed E-state index contributed by atoms with van der Waals surface area (Å²) in [6, 6.07) is 0. The van der Waals surface area contributed by atoms with Gasteiger partial charge in [-0.05, 0) is 44.9 Å². The van der Waals surface area contributed by atoms with Crippen LogP contribution in [-0.2, 0) is 28.6 Å². The van der Waals surface area contributed by atoms with E-state index in [1.165, 1.54) is 128 Å². The lowest BCUT2D eigenvalue weighted by Crippen LogP contribution is -2.30. The van der Waals surface area contributed by atoms with E-state index < -0.39 is 12.1 Å². The van der Waals surface area contributed by atoms with Gasteiger partial charge in [0.25, 0.3) is 0 Å². The number of carbonyl (C=O) groups excluding carboxylic acids is 3. The fourth-order valence-electron chi connectivity index (χ4n) is 6.87. The zero-order chi connectivity index (χ0) is 43.0. The molecule has 0 amide bonds. The molecule has 0 aromatic heterocycles. The second-order valence-corrected chi connectivity index (χ2v) is 16.4. The molecule has 0 N–H and O–H groups in total. The second kappa shape index (κ2) is 47.8. The van der Waals surface area contributed by atoms with Crippen LogP contribution in [0.15, 0.2) is 60.8 Å². The van der Waals surface area contributed by atoms with Crippen molar-refractivity contribution in [2.24, 2.45) is 0 Å². The van der Waals surface area contributed by atoms with Gasteiger partial charge in [-0.15, -0.1) is 0 Å². The molecule has 59 heavy (non-hydrogen) atoms. The quantitative estimate of drug-likeness (QED) is 0.0263. The number of esters is 3. The molecule has 0 saturated heterocycles. The maximum Gasteiger partial charge on any atom is 0.310 e. The van der Waals surface area contributed by atoms with Gasteiger partial charge in [0.1, 0.15) is 13.2 Å². The molecule has 0 aliphatic heterocycles. The number of carbonyl (C=O) groups is 3. The Balaban J connectivity index is 4.45. The van der Waals surface area contributed by atoms with Gasteiger partial charge in [-0.25, -0.2) is 0 Å². The van der Waals surface area contributed by atoms with E-state index in [4.69, 9.17) is 14.2 Å². The van der Waals surface area contributed by atoms with Crippen LogP contribution in [-0.4, -0.2) is 37.2 Å². The van der Waals surface area contributed by atoms with Crippen LogP contribution in [0.2, 0.25) is 0 Å². The van der Waals surface area contributed by atoms with Gasteiger partial charge in [-0.2, -0.15) is 0 Å². The lowest BCUT2D eigenvalue weighted by Gasteiger charge is -2.18. The normalized spacial score (nSPS) is 12.5. The Kier molecular flexibility index (Phi) is 45.4. The zero-order valence-corrected chi connectivity index (χ0v) is 38.8. The van der Waals surface area contributed by atoms with Crippen LogP contribution in [0.1, 0.15) is 239 Å². The average Bonchev–Trinajstić information content (AvgIpc) is 3.23. The highest BCUT2D eigenvalue weighted by atomic mass is 16.6. The number of ether oxygens (including phenoxy) is 3. The van der Waals surface area contributed by atoms with Crippen LogP contribution in [0.5, 0.6) is 0 Å². The van der Waals surface area contributed by atoms with Crippen LogP contribution in [0, 0.1) is 0 Å². The van der Waals surface area contributed by atoms with E-state index in [2.05, 4.69) is 69.4 Å². The van der Waals surface area contributed by atoms with Crippen molar-refractivity contribution in [3.05, 3.63) is 60.8 Å². The Hall–Kier alpha value is -2.89. The molecule has 0 spiro atoms. The van der Waals surface area contributed by atoms with Gasteiger partial charge in [0.2, 0.25) is 0 Å². The van der Waals surface area contributed by atoms with Gasteiger partial charge >= 0.3 is 17.9 Å². The van der Waals surface area contributed by atoms with E-state index in [0.717, 1.165) is 70.6 Å². The molecule has 0 heterocycles. The van der Waals surface area contributed by atoms with Crippen LogP contribution >= 0.6 is 0 Å². The Labute approximate surface area is 364 Å². The molecule has 6 heteroatoms. The largest absolute Gasteiger partial charge is 0.462 e. The molecule has 0 aliphatic carbocycles. The highest BCUT2D eigenvalue weighted by molar-refractivity contribution is 5.72. The number of unbranched alkanes of at least 4 members (excludes halogenated alkanes) is 24. The van der Waals surface area contributed by atoms with Crippen LogP contribution in [0.4, 0.5) is 0 Å². The summed E-state index contributed by atoms with van der Waals surface area (Å²) in [7, 11) is 0. The molecular weight excluding hydrogens is 733 g/mol. The molecule has 0 bridgehead atoms.